The molecule has 37 heavy (non-hydrogen) atoms. The Kier molecular flexibility index (Phi) is 6.08. The number of nitrogens with zero attached hydrogens (tertiary/aromatic N) is 3. The second-order valence-corrected chi connectivity index (χ2v) is 10.3. The number of alkyl halides is 5. The Balaban J connectivity index is 1.60. The summed E-state index contributed by atoms with van der Waals surface area (Å²) in [4.78, 5) is 29.3. The van der Waals surface area contributed by atoms with E-state index in [2.05, 4.69) is 4.90 Å². The lowest BCUT2D eigenvalue weighted by molar-refractivity contribution is -0.150. The molecule has 200 valence electrons. The highest BCUT2D eigenvalue weighted by Gasteiger charge is 2.60. The molecule has 2 saturated carbocycles. The van der Waals surface area contributed by atoms with Crippen molar-refractivity contribution in [2.75, 3.05) is 25.0 Å². The van der Waals surface area contributed by atoms with Crippen LogP contribution in [-0.2, 0) is 0 Å². The molecule has 2 aromatic rings. The number of likely N-dealkylation sites (tertiary alicyclic amines) is 1. The van der Waals surface area contributed by atoms with Crippen LogP contribution in [-0.4, -0.2) is 47.7 Å². The highest BCUT2D eigenvalue weighted by molar-refractivity contribution is 5.98. The summed E-state index contributed by atoms with van der Waals surface area (Å²) in [5, 5.41) is 0. The van der Waals surface area contributed by atoms with Gasteiger partial charge in [-0.15, -0.1) is 0 Å². The van der Waals surface area contributed by atoms with Gasteiger partial charge in [-0.1, -0.05) is 18.2 Å². The van der Waals surface area contributed by atoms with Crippen molar-refractivity contribution in [3.8, 4) is 0 Å². The number of aromatic nitrogens is 1. The van der Waals surface area contributed by atoms with E-state index < -0.39 is 53.5 Å². The van der Waals surface area contributed by atoms with Gasteiger partial charge in [0.1, 0.15) is 5.82 Å². The molecular weight excluding hydrogens is 502 g/mol. The lowest BCUT2D eigenvalue weighted by Gasteiger charge is -2.36. The number of nitrogens with two attached hydrogens (primary N) is 1. The van der Waals surface area contributed by atoms with Crippen LogP contribution in [0, 0.1) is 23.6 Å². The molecule has 2 N–H and O–H groups in total. The van der Waals surface area contributed by atoms with Crippen LogP contribution in [0.3, 0.4) is 0 Å². The SMILES string of the molecule is C[C@H](c1cccc(C(F)F)c1F)N(c1cc(=O)n([C@@H]2C[C@H]2C(F)(F)F)cc1C(N)=O)C1C2CN(C)CC21. The molecule has 3 fully saturated rings. The second-order valence-electron chi connectivity index (χ2n) is 10.3. The molecule has 3 aliphatic rings. The fraction of sp³-hybridized carbons (Fsp3) is 0.520. The molecule has 6 nitrogen and oxygen atoms in total. The number of amides is 1. The first-order valence-electron chi connectivity index (χ1n) is 12.0. The molecule has 2 heterocycles. The number of primary amides is 1. The molecule has 1 aliphatic heterocycles. The van der Waals surface area contributed by atoms with E-state index in [-0.39, 0.29) is 41.1 Å². The minimum atomic E-state index is -4.49. The first-order valence-corrected chi connectivity index (χ1v) is 12.0. The lowest BCUT2D eigenvalue weighted by Crippen LogP contribution is -2.39. The molecule has 0 spiro atoms. The van der Waals surface area contributed by atoms with Crippen LogP contribution in [0.15, 0.2) is 35.3 Å². The van der Waals surface area contributed by atoms with Gasteiger partial charge in [0.05, 0.1) is 28.8 Å². The largest absolute Gasteiger partial charge is 0.393 e. The van der Waals surface area contributed by atoms with Gasteiger partial charge < -0.3 is 20.1 Å². The highest BCUT2D eigenvalue weighted by atomic mass is 19.4. The first-order chi connectivity index (χ1) is 17.3. The van der Waals surface area contributed by atoms with Gasteiger partial charge in [0.2, 0.25) is 0 Å². The topological polar surface area (TPSA) is 71.6 Å². The van der Waals surface area contributed by atoms with Crippen molar-refractivity contribution in [2.24, 2.45) is 23.5 Å². The van der Waals surface area contributed by atoms with Crippen molar-refractivity contribution in [2.45, 2.75) is 44.1 Å². The third-order valence-corrected chi connectivity index (χ3v) is 7.95. The average Bonchev–Trinajstić information content (AvgIpc) is 3.69. The number of anilines is 1. The summed E-state index contributed by atoms with van der Waals surface area (Å²) in [6, 6.07) is 2.48. The summed E-state index contributed by atoms with van der Waals surface area (Å²) < 4.78 is 82.4. The predicted octanol–water partition coefficient (Wildman–Crippen LogP) is 4.27. The molecule has 1 aromatic heterocycles. The smallest absolute Gasteiger partial charge is 0.365 e. The van der Waals surface area contributed by atoms with Crippen LogP contribution < -0.4 is 16.2 Å². The van der Waals surface area contributed by atoms with Crippen molar-refractivity contribution in [1.29, 1.82) is 0 Å². The van der Waals surface area contributed by atoms with Gasteiger partial charge in [0, 0.05) is 43.0 Å². The summed E-state index contributed by atoms with van der Waals surface area (Å²) in [6.45, 7) is 3.00. The predicted molar refractivity (Wildman–Crippen MR) is 123 cm³/mol. The Bertz CT molecular complexity index is 1280. The summed E-state index contributed by atoms with van der Waals surface area (Å²) in [5.74, 6) is -3.51. The highest BCUT2D eigenvalue weighted by Crippen LogP contribution is 2.54. The Hall–Kier alpha value is -3.02. The minimum absolute atomic E-state index is 0.0462. The maximum Gasteiger partial charge on any atom is 0.393 e. The summed E-state index contributed by atoms with van der Waals surface area (Å²) in [5.41, 5.74) is 3.94. The van der Waals surface area contributed by atoms with Crippen molar-refractivity contribution in [3.05, 3.63) is 63.3 Å². The maximum absolute atomic E-state index is 15.2. The summed E-state index contributed by atoms with van der Waals surface area (Å²) in [7, 11) is 1.94. The van der Waals surface area contributed by atoms with Gasteiger partial charge >= 0.3 is 6.18 Å². The maximum atomic E-state index is 15.2. The van der Waals surface area contributed by atoms with Gasteiger partial charge in [-0.2, -0.15) is 13.2 Å². The third kappa shape index (κ3) is 4.38. The number of halogens is 6. The number of rotatable bonds is 7. The van der Waals surface area contributed by atoms with Crippen molar-refractivity contribution in [3.63, 3.8) is 0 Å². The van der Waals surface area contributed by atoms with E-state index in [0.717, 1.165) is 22.9 Å². The van der Waals surface area contributed by atoms with Gasteiger partial charge in [-0.05, 0) is 32.2 Å². The number of carbonyl (C=O) groups is 1. The molecule has 5 rings (SSSR count). The fourth-order valence-electron chi connectivity index (χ4n) is 6.00. The van der Waals surface area contributed by atoms with Gasteiger partial charge in [0.15, 0.2) is 0 Å². The number of carbonyl (C=O) groups excluding carboxylic acids is 1. The van der Waals surface area contributed by atoms with Crippen LogP contribution in [0.4, 0.5) is 32.0 Å². The summed E-state index contributed by atoms with van der Waals surface area (Å²) in [6.07, 6.45) is -6.76. The van der Waals surface area contributed by atoms with E-state index in [4.69, 9.17) is 5.73 Å². The molecule has 0 bridgehead atoms. The zero-order valence-corrected chi connectivity index (χ0v) is 20.1. The van der Waals surface area contributed by atoms with Gasteiger partial charge in [-0.3, -0.25) is 9.59 Å². The van der Waals surface area contributed by atoms with Crippen LogP contribution in [0.1, 0.15) is 53.3 Å². The zero-order chi connectivity index (χ0) is 27.0. The van der Waals surface area contributed by atoms with Crippen molar-refractivity contribution in [1.82, 2.24) is 9.47 Å². The van der Waals surface area contributed by atoms with Gasteiger partial charge in [-0.25, -0.2) is 13.2 Å². The van der Waals surface area contributed by atoms with E-state index >= 15 is 4.39 Å². The molecule has 12 heteroatoms. The zero-order valence-electron chi connectivity index (χ0n) is 20.1. The molecule has 2 unspecified atom stereocenters. The number of fused-ring (bicyclic) bond motifs is 1. The minimum Gasteiger partial charge on any atom is -0.365 e. The van der Waals surface area contributed by atoms with Crippen molar-refractivity contribution >= 4 is 11.6 Å². The van der Waals surface area contributed by atoms with Crippen LogP contribution in [0.5, 0.6) is 0 Å². The monoisotopic (exact) mass is 528 g/mol. The van der Waals surface area contributed by atoms with Crippen LogP contribution in [0.25, 0.3) is 0 Å². The number of hydrogen-bond acceptors (Lipinski definition) is 4. The Morgan fingerprint density at radius 3 is 2.32 bits per heavy atom. The van der Waals surface area contributed by atoms with E-state index in [1.165, 1.54) is 12.1 Å². The second kappa shape index (κ2) is 8.78. The Morgan fingerprint density at radius 2 is 1.78 bits per heavy atom. The average molecular weight is 528 g/mol. The number of piperidine rings is 1. The molecular formula is C25H26F6N4O2. The number of hydrogen-bond donors (Lipinski definition) is 1. The number of benzene rings is 1. The van der Waals surface area contributed by atoms with Crippen molar-refractivity contribution < 1.29 is 31.1 Å². The van der Waals surface area contributed by atoms with Crippen LogP contribution in [0.2, 0.25) is 0 Å². The van der Waals surface area contributed by atoms with E-state index in [9.17, 15) is 31.5 Å². The molecule has 1 amide bonds. The van der Waals surface area contributed by atoms with E-state index in [1.807, 2.05) is 7.05 Å². The molecule has 0 radical (unpaired) electrons. The van der Waals surface area contributed by atoms with Gasteiger partial charge in [0.25, 0.3) is 17.9 Å². The summed E-state index contributed by atoms with van der Waals surface area (Å²) >= 11 is 0. The lowest BCUT2D eigenvalue weighted by atomic mass is 10.0. The standard InChI is InChI=1S/C25H26F6N4O2/c1-11(12-4-3-5-13(21(12)26)23(27)28)35(22-14-8-33(2)9-15(14)22)18-7-20(36)34(10-16(18)24(32)37)19-6-17(19)25(29,30)31/h3-5,7,10-11,14-15,17,19,22-23H,6,8-9H2,1-2H3,(H2,32,37)/t11-,14?,15?,17-,19-,22?/m1/s1. The quantitative estimate of drug-likeness (QED) is 0.545. The number of pyridine rings is 1. The molecule has 1 aromatic carbocycles. The molecule has 1 saturated heterocycles. The Morgan fingerprint density at radius 1 is 1.16 bits per heavy atom. The molecule has 2 aliphatic carbocycles. The van der Waals surface area contributed by atoms with Crippen LogP contribution >= 0.6 is 0 Å². The van der Waals surface area contributed by atoms with E-state index in [1.54, 1.807) is 11.8 Å². The molecule has 5 atom stereocenters. The fourth-order valence-corrected chi connectivity index (χ4v) is 6.00. The Labute approximate surface area is 208 Å². The third-order valence-electron chi connectivity index (χ3n) is 7.95. The van der Waals surface area contributed by atoms with E-state index in [0.29, 0.717) is 13.1 Å². The first kappa shape index (κ1) is 25.6. The normalized spacial score (nSPS) is 27.8.